The number of esters is 1. The molecule has 2 N–H and O–H groups in total. The number of anilines is 2. The maximum absolute atomic E-state index is 12.2. The van der Waals surface area contributed by atoms with Crippen molar-refractivity contribution in [3.8, 4) is 0 Å². The van der Waals surface area contributed by atoms with Gasteiger partial charge in [-0.3, -0.25) is 4.90 Å². The Morgan fingerprint density at radius 1 is 1.38 bits per heavy atom. The number of nitrogens with zero attached hydrogens (tertiary/aromatic N) is 2. The topological polar surface area (TPSA) is 58.8 Å². The largest absolute Gasteiger partial charge is 0.462 e. The van der Waals surface area contributed by atoms with Crippen LogP contribution in [-0.4, -0.2) is 49.7 Å². The van der Waals surface area contributed by atoms with Crippen LogP contribution in [0.25, 0.3) is 0 Å². The molecule has 0 radical (unpaired) electrons. The Bertz CT molecular complexity index is 532. The normalized spacial score (nSPS) is 22.1. The zero-order valence-electron chi connectivity index (χ0n) is 12.5. The highest BCUT2D eigenvalue weighted by Crippen LogP contribution is 2.32. The number of nitrogen functional groups attached to an aromatic ring is 1. The number of rotatable bonds is 3. The van der Waals surface area contributed by atoms with Crippen LogP contribution in [0, 0.1) is 0 Å². The second-order valence-electron chi connectivity index (χ2n) is 5.74. The molecule has 2 aliphatic heterocycles. The molecule has 1 atom stereocenters. The Balaban J connectivity index is 1.88. The van der Waals surface area contributed by atoms with Gasteiger partial charge in [0.1, 0.15) is 0 Å². The fourth-order valence-electron chi connectivity index (χ4n) is 3.48. The molecule has 2 aliphatic rings. The van der Waals surface area contributed by atoms with E-state index in [-0.39, 0.29) is 5.97 Å². The first-order chi connectivity index (χ1) is 10.2. The van der Waals surface area contributed by atoms with Crippen molar-refractivity contribution in [2.45, 2.75) is 25.8 Å². The van der Waals surface area contributed by atoms with E-state index >= 15 is 0 Å². The highest BCUT2D eigenvalue weighted by Gasteiger charge is 2.32. The van der Waals surface area contributed by atoms with Crippen molar-refractivity contribution in [3.63, 3.8) is 0 Å². The Labute approximate surface area is 125 Å². The van der Waals surface area contributed by atoms with E-state index < -0.39 is 0 Å². The Morgan fingerprint density at radius 2 is 2.24 bits per heavy atom. The zero-order valence-corrected chi connectivity index (χ0v) is 12.5. The van der Waals surface area contributed by atoms with Gasteiger partial charge in [0.15, 0.2) is 0 Å². The molecule has 1 aromatic rings. The molecule has 5 heteroatoms. The molecule has 5 nitrogen and oxygen atoms in total. The van der Waals surface area contributed by atoms with Gasteiger partial charge in [0.2, 0.25) is 0 Å². The molecular weight excluding hydrogens is 266 g/mol. The zero-order chi connectivity index (χ0) is 14.8. The van der Waals surface area contributed by atoms with E-state index in [4.69, 9.17) is 10.5 Å². The average molecular weight is 289 g/mol. The maximum Gasteiger partial charge on any atom is 0.340 e. The van der Waals surface area contributed by atoms with Crippen LogP contribution in [0.4, 0.5) is 11.4 Å². The standard InChI is InChI=1S/C16H23N3O2/c1-2-21-16(20)13-6-3-7-14(17)15(13)19-10-9-18-8-4-5-12(18)11-19/h3,6-7,12H,2,4-5,8-11,17H2,1H3. The first-order valence-corrected chi connectivity index (χ1v) is 7.75. The molecule has 0 saturated carbocycles. The molecule has 1 aromatic carbocycles. The lowest BCUT2D eigenvalue weighted by Gasteiger charge is -2.39. The first kappa shape index (κ1) is 14.2. The number of hydrogen-bond donors (Lipinski definition) is 1. The molecular formula is C16H23N3O2. The molecule has 0 aromatic heterocycles. The summed E-state index contributed by atoms with van der Waals surface area (Å²) in [5.74, 6) is -0.284. The minimum absolute atomic E-state index is 0.284. The van der Waals surface area contributed by atoms with Crippen LogP contribution < -0.4 is 10.6 Å². The van der Waals surface area contributed by atoms with Gasteiger partial charge in [0, 0.05) is 25.7 Å². The smallest absolute Gasteiger partial charge is 0.340 e. The van der Waals surface area contributed by atoms with E-state index in [2.05, 4.69) is 9.80 Å². The lowest BCUT2D eigenvalue weighted by molar-refractivity contribution is 0.0527. The lowest BCUT2D eigenvalue weighted by Crippen LogP contribution is -2.50. The van der Waals surface area contributed by atoms with Crippen LogP contribution in [-0.2, 0) is 4.74 Å². The summed E-state index contributed by atoms with van der Waals surface area (Å²) in [5, 5.41) is 0. The predicted octanol–water partition coefficient (Wildman–Crippen LogP) is 1.73. The fraction of sp³-hybridized carbons (Fsp3) is 0.562. The van der Waals surface area contributed by atoms with Gasteiger partial charge in [0.05, 0.1) is 23.5 Å². The van der Waals surface area contributed by atoms with Crippen molar-refractivity contribution in [1.29, 1.82) is 0 Å². The van der Waals surface area contributed by atoms with E-state index in [1.165, 1.54) is 19.4 Å². The average Bonchev–Trinajstić information content (AvgIpc) is 2.94. The molecule has 114 valence electrons. The summed E-state index contributed by atoms with van der Waals surface area (Å²) < 4.78 is 5.17. The molecule has 0 amide bonds. The van der Waals surface area contributed by atoms with Crippen molar-refractivity contribution in [2.24, 2.45) is 0 Å². The van der Waals surface area contributed by atoms with E-state index in [1.807, 2.05) is 25.1 Å². The number of carbonyl (C=O) groups excluding carboxylic acids is 1. The number of ether oxygens (including phenoxy) is 1. The molecule has 0 bridgehead atoms. The van der Waals surface area contributed by atoms with Gasteiger partial charge >= 0.3 is 5.97 Å². The summed E-state index contributed by atoms with van der Waals surface area (Å²) in [5.41, 5.74) is 8.26. The number of piperazine rings is 1. The van der Waals surface area contributed by atoms with Crippen LogP contribution in [0.1, 0.15) is 30.1 Å². The van der Waals surface area contributed by atoms with Crippen LogP contribution in [0.3, 0.4) is 0 Å². The Kier molecular flexibility index (Phi) is 4.01. The van der Waals surface area contributed by atoms with Crippen LogP contribution in [0.5, 0.6) is 0 Å². The van der Waals surface area contributed by atoms with E-state index in [9.17, 15) is 4.79 Å². The van der Waals surface area contributed by atoms with Crippen molar-refractivity contribution >= 4 is 17.3 Å². The number of nitrogens with two attached hydrogens (primary N) is 1. The monoisotopic (exact) mass is 289 g/mol. The third-order valence-electron chi connectivity index (χ3n) is 4.47. The Morgan fingerprint density at radius 3 is 3.05 bits per heavy atom. The third kappa shape index (κ3) is 2.70. The van der Waals surface area contributed by atoms with Gasteiger partial charge in [-0.1, -0.05) is 6.07 Å². The van der Waals surface area contributed by atoms with Crippen molar-refractivity contribution in [1.82, 2.24) is 4.90 Å². The summed E-state index contributed by atoms with van der Waals surface area (Å²) in [6.45, 7) is 6.30. The highest BCUT2D eigenvalue weighted by atomic mass is 16.5. The molecule has 2 saturated heterocycles. The Hall–Kier alpha value is -1.75. The van der Waals surface area contributed by atoms with Crippen molar-refractivity contribution in [3.05, 3.63) is 23.8 Å². The second-order valence-corrected chi connectivity index (χ2v) is 5.74. The summed E-state index contributed by atoms with van der Waals surface area (Å²) in [7, 11) is 0. The highest BCUT2D eigenvalue weighted by molar-refractivity contribution is 5.99. The maximum atomic E-state index is 12.2. The number of hydrogen-bond acceptors (Lipinski definition) is 5. The van der Waals surface area contributed by atoms with Gasteiger partial charge in [-0.15, -0.1) is 0 Å². The molecule has 21 heavy (non-hydrogen) atoms. The van der Waals surface area contributed by atoms with E-state index in [0.717, 1.165) is 25.3 Å². The molecule has 0 aliphatic carbocycles. The summed E-state index contributed by atoms with van der Waals surface area (Å²) in [4.78, 5) is 17.0. The quantitative estimate of drug-likeness (QED) is 0.678. The first-order valence-electron chi connectivity index (χ1n) is 7.75. The molecule has 3 rings (SSSR count). The van der Waals surface area contributed by atoms with Gasteiger partial charge in [-0.25, -0.2) is 4.79 Å². The van der Waals surface area contributed by atoms with Gasteiger partial charge in [-0.2, -0.15) is 0 Å². The molecule has 2 fully saturated rings. The van der Waals surface area contributed by atoms with Crippen molar-refractivity contribution in [2.75, 3.05) is 43.4 Å². The van der Waals surface area contributed by atoms with Gasteiger partial charge in [-0.05, 0) is 38.4 Å². The fourth-order valence-corrected chi connectivity index (χ4v) is 3.48. The van der Waals surface area contributed by atoms with Crippen LogP contribution in [0.2, 0.25) is 0 Å². The minimum atomic E-state index is -0.284. The summed E-state index contributed by atoms with van der Waals surface area (Å²) in [6.07, 6.45) is 2.51. The number of carbonyl (C=O) groups is 1. The number of fused-ring (bicyclic) bond motifs is 1. The third-order valence-corrected chi connectivity index (χ3v) is 4.47. The molecule has 1 unspecified atom stereocenters. The number of benzene rings is 1. The van der Waals surface area contributed by atoms with Crippen LogP contribution in [0.15, 0.2) is 18.2 Å². The SMILES string of the molecule is CCOC(=O)c1cccc(N)c1N1CCN2CCCC2C1. The van der Waals surface area contributed by atoms with Crippen molar-refractivity contribution < 1.29 is 9.53 Å². The molecule has 0 spiro atoms. The summed E-state index contributed by atoms with van der Waals surface area (Å²) >= 11 is 0. The minimum Gasteiger partial charge on any atom is -0.462 e. The lowest BCUT2D eigenvalue weighted by atomic mass is 10.1. The predicted molar refractivity (Wildman–Crippen MR) is 83.6 cm³/mol. The number of para-hydroxylation sites is 1. The van der Waals surface area contributed by atoms with Crippen LogP contribution >= 0.6 is 0 Å². The van der Waals surface area contributed by atoms with E-state index in [1.54, 1.807) is 0 Å². The van der Waals surface area contributed by atoms with E-state index in [0.29, 0.717) is 23.9 Å². The van der Waals surface area contributed by atoms with Gasteiger partial charge in [0.25, 0.3) is 0 Å². The molecule has 2 heterocycles. The van der Waals surface area contributed by atoms with Gasteiger partial charge < -0.3 is 15.4 Å². The summed E-state index contributed by atoms with van der Waals surface area (Å²) in [6, 6.07) is 6.08. The second kappa shape index (κ2) is 5.93.